The third-order valence-corrected chi connectivity index (χ3v) is 4.54. The number of hydrogen-bond donors (Lipinski definition) is 1. The second kappa shape index (κ2) is 5.79. The van der Waals surface area contributed by atoms with E-state index < -0.39 is 27.3 Å². The van der Waals surface area contributed by atoms with E-state index in [1.807, 2.05) is 10.8 Å². The standard InChI is InChI=1S/C13H7BrF2N2O2S/c14-10-5-12(16)13(6-11(10)15)18-21(19,20)9-3-1-8(7-17)2-4-9/h1-6,18H. The van der Waals surface area contributed by atoms with E-state index >= 15 is 0 Å². The van der Waals surface area contributed by atoms with E-state index in [4.69, 9.17) is 5.26 Å². The molecule has 0 aliphatic heterocycles. The molecule has 0 saturated carbocycles. The summed E-state index contributed by atoms with van der Waals surface area (Å²) in [7, 11) is -4.07. The topological polar surface area (TPSA) is 70.0 Å². The molecule has 2 aromatic rings. The number of benzene rings is 2. The van der Waals surface area contributed by atoms with E-state index in [0.29, 0.717) is 0 Å². The molecule has 0 amide bonds. The molecule has 8 heteroatoms. The minimum Gasteiger partial charge on any atom is -0.277 e. The maximum absolute atomic E-state index is 13.6. The molecule has 0 spiro atoms. The largest absolute Gasteiger partial charge is 0.277 e. The van der Waals surface area contributed by atoms with Crippen LogP contribution >= 0.6 is 15.9 Å². The van der Waals surface area contributed by atoms with Crippen molar-refractivity contribution in [2.24, 2.45) is 0 Å². The van der Waals surface area contributed by atoms with Gasteiger partial charge in [-0.15, -0.1) is 0 Å². The van der Waals surface area contributed by atoms with E-state index in [1.165, 1.54) is 24.3 Å². The maximum atomic E-state index is 13.6. The van der Waals surface area contributed by atoms with Gasteiger partial charge in [-0.1, -0.05) is 0 Å². The van der Waals surface area contributed by atoms with Crippen LogP contribution in [-0.4, -0.2) is 8.42 Å². The summed E-state index contributed by atoms with van der Waals surface area (Å²) >= 11 is 2.80. The molecule has 21 heavy (non-hydrogen) atoms. The fraction of sp³-hybridized carbons (Fsp3) is 0. The normalized spacial score (nSPS) is 11.0. The molecule has 0 bridgehead atoms. The molecule has 0 heterocycles. The zero-order valence-electron chi connectivity index (χ0n) is 10.3. The lowest BCUT2D eigenvalue weighted by molar-refractivity contribution is 0.592. The first-order chi connectivity index (χ1) is 9.83. The second-order valence-electron chi connectivity index (χ2n) is 3.99. The lowest BCUT2D eigenvalue weighted by Gasteiger charge is -2.09. The fourth-order valence-electron chi connectivity index (χ4n) is 1.51. The van der Waals surface area contributed by atoms with E-state index in [2.05, 4.69) is 15.9 Å². The van der Waals surface area contributed by atoms with Crippen molar-refractivity contribution in [3.05, 3.63) is 58.1 Å². The molecular weight excluding hydrogens is 366 g/mol. The first-order valence-corrected chi connectivity index (χ1v) is 7.78. The maximum Gasteiger partial charge on any atom is 0.261 e. The van der Waals surface area contributed by atoms with Crippen LogP contribution < -0.4 is 4.72 Å². The van der Waals surface area contributed by atoms with Crippen LogP contribution in [0.25, 0.3) is 0 Å². The first kappa shape index (κ1) is 15.4. The van der Waals surface area contributed by atoms with Crippen LogP contribution in [0.5, 0.6) is 0 Å². The van der Waals surface area contributed by atoms with E-state index in [0.717, 1.165) is 12.1 Å². The zero-order chi connectivity index (χ0) is 15.6. The Bertz CT molecular complexity index is 830. The van der Waals surface area contributed by atoms with Gasteiger partial charge in [0.2, 0.25) is 0 Å². The average molecular weight is 373 g/mol. The lowest BCUT2D eigenvalue weighted by atomic mass is 10.2. The van der Waals surface area contributed by atoms with E-state index in [-0.39, 0.29) is 14.9 Å². The fourth-order valence-corrected chi connectivity index (χ4v) is 2.89. The summed E-state index contributed by atoms with van der Waals surface area (Å²) in [4.78, 5) is -0.163. The van der Waals surface area contributed by atoms with Gasteiger partial charge in [-0.2, -0.15) is 5.26 Å². The van der Waals surface area contributed by atoms with Crippen LogP contribution in [0.4, 0.5) is 14.5 Å². The van der Waals surface area contributed by atoms with Gasteiger partial charge in [-0.25, -0.2) is 17.2 Å². The highest BCUT2D eigenvalue weighted by Gasteiger charge is 2.17. The molecule has 1 N–H and O–H groups in total. The lowest BCUT2D eigenvalue weighted by Crippen LogP contribution is -2.14. The Balaban J connectivity index is 2.37. The van der Waals surface area contributed by atoms with Crippen LogP contribution in [-0.2, 0) is 10.0 Å². The number of nitrogens with zero attached hydrogens (tertiary/aromatic N) is 1. The molecule has 108 valence electrons. The van der Waals surface area contributed by atoms with Gasteiger partial charge in [0.1, 0.15) is 11.6 Å². The molecule has 2 rings (SSSR count). The Morgan fingerprint density at radius 1 is 1.10 bits per heavy atom. The van der Waals surface area contributed by atoms with Crippen molar-refractivity contribution in [3.63, 3.8) is 0 Å². The second-order valence-corrected chi connectivity index (χ2v) is 6.52. The molecule has 0 aliphatic carbocycles. The molecule has 0 saturated heterocycles. The summed E-state index contributed by atoms with van der Waals surface area (Å²) in [5.41, 5.74) is -0.213. The van der Waals surface area contributed by atoms with Gasteiger partial charge in [-0.05, 0) is 46.3 Å². The van der Waals surface area contributed by atoms with E-state index in [1.54, 1.807) is 0 Å². The molecular formula is C13H7BrF2N2O2S. The van der Waals surface area contributed by atoms with Crippen molar-refractivity contribution in [2.75, 3.05) is 4.72 Å². The Morgan fingerprint density at radius 3 is 2.29 bits per heavy atom. The number of sulfonamides is 1. The minimum absolute atomic E-state index is 0.110. The average Bonchev–Trinajstić information content (AvgIpc) is 2.44. The predicted molar refractivity (Wildman–Crippen MR) is 76.0 cm³/mol. The van der Waals surface area contributed by atoms with Crippen LogP contribution in [0.1, 0.15) is 5.56 Å². The van der Waals surface area contributed by atoms with Gasteiger partial charge < -0.3 is 0 Å². The Hall–Kier alpha value is -1.98. The highest BCUT2D eigenvalue weighted by Crippen LogP contribution is 2.25. The third-order valence-electron chi connectivity index (χ3n) is 2.55. The number of nitrogens with one attached hydrogen (secondary N) is 1. The number of nitriles is 1. The Morgan fingerprint density at radius 2 is 1.71 bits per heavy atom. The molecule has 0 fully saturated rings. The van der Waals surface area contributed by atoms with Crippen LogP contribution in [0.3, 0.4) is 0 Å². The smallest absolute Gasteiger partial charge is 0.261 e. The van der Waals surface area contributed by atoms with Crippen molar-refractivity contribution in [2.45, 2.75) is 4.90 Å². The van der Waals surface area contributed by atoms with Gasteiger partial charge in [-0.3, -0.25) is 4.72 Å². The predicted octanol–water partition coefficient (Wildman–Crippen LogP) is 3.40. The van der Waals surface area contributed by atoms with Gasteiger partial charge in [0.05, 0.1) is 26.7 Å². The Kier molecular flexibility index (Phi) is 4.25. The molecule has 2 aromatic carbocycles. The molecule has 0 aromatic heterocycles. The van der Waals surface area contributed by atoms with Crippen molar-refractivity contribution in [3.8, 4) is 6.07 Å². The Labute approximate surface area is 128 Å². The number of rotatable bonds is 3. The summed E-state index contributed by atoms with van der Waals surface area (Å²) in [5, 5.41) is 8.65. The summed E-state index contributed by atoms with van der Waals surface area (Å²) in [6, 6.07) is 8.44. The summed E-state index contributed by atoms with van der Waals surface area (Å²) in [6.07, 6.45) is 0. The summed E-state index contributed by atoms with van der Waals surface area (Å²) in [5.74, 6) is -1.71. The summed E-state index contributed by atoms with van der Waals surface area (Å²) < 4.78 is 52.9. The molecule has 4 nitrogen and oxygen atoms in total. The number of halogens is 3. The first-order valence-electron chi connectivity index (χ1n) is 5.51. The van der Waals surface area contributed by atoms with Gasteiger partial charge in [0.15, 0.2) is 0 Å². The van der Waals surface area contributed by atoms with Crippen molar-refractivity contribution in [1.29, 1.82) is 5.26 Å². The molecule has 0 aliphatic rings. The van der Waals surface area contributed by atoms with Crippen LogP contribution in [0, 0.1) is 23.0 Å². The number of hydrogen-bond acceptors (Lipinski definition) is 3. The van der Waals surface area contributed by atoms with Gasteiger partial charge >= 0.3 is 0 Å². The third kappa shape index (κ3) is 3.37. The van der Waals surface area contributed by atoms with Crippen LogP contribution in [0.2, 0.25) is 0 Å². The molecule has 0 radical (unpaired) electrons. The summed E-state index contributed by atoms with van der Waals surface area (Å²) in [6.45, 7) is 0. The number of anilines is 1. The van der Waals surface area contributed by atoms with Crippen molar-refractivity contribution < 1.29 is 17.2 Å². The van der Waals surface area contributed by atoms with Crippen LogP contribution in [0.15, 0.2) is 45.8 Å². The minimum atomic E-state index is -4.07. The SMILES string of the molecule is N#Cc1ccc(S(=O)(=O)Nc2cc(F)c(Br)cc2F)cc1. The monoisotopic (exact) mass is 372 g/mol. The quantitative estimate of drug-likeness (QED) is 0.839. The van der Waals surface area contributed by atoms with Gasteiger partial charge in [0, 0.05) is 6.07 Å². The zero-order valence-corrected chi connectivity index (χ0v) is 12.7. The highest BCUT2D eigenvalue weighted by molar-refractivity contribution is 9.10. The van der Waals surface area contributed by atoms with Crippen molar-refractivity contribution >= 4 is 31.6 Å². The van der Waals surface area contributed by atoms with E-state index in [9.17, 15) is 17.2 Å². The van der Waals surface area contributed by atoms with Crippen molar-refractivity contribution in [1.82, 2.24) is 0 Å². The van der Waals surface area contributed by atoms with Gasteiger partial charge in [0.25, 0.3) is 10.0 Å². The molecule has 0 unspecified atom stereocenters. The highest BCUT2D eigenvalue weighted by atomic mass is 79.9. The molecule has 0 atom stereocenters.